The van der Waals surface area contributed by atoms with E-state index in [1.54, 1.807) is 0 Å². The number of hydrogen-bond donors (Lipinski definition) is 1. The number of hydrogen-bond acceptors (Lipinski definition) is 2. The van der Waals surface area contributed by atoms with Gasteiger partial charge in [-0.2, -0.15) is 5.26 Å². The summed E-state index contributed by atoms with van der Waals surface area (Å²) < 4.78 is 0. The van der Waals surface area contributed by atoms with Gasteiger partial charge in [-0.15, -0.1) is 0 Å². The van der Waals surface area contributed by atoms with E-state index in [4.69, 9.17) is 0 Å². The standard InChI is InChI=1S/C16H16N2/c1-12-6-8-15(9-7-12)18-16(11-17)14-5-3-4-13(2)10-14/h3-10,16,18H,1-2H3. The van der Waals surface area contributed by atoms with E-state index < -0.39 is 0 Å². The molecule has 0 bridgehead atoms. The van der Waals surface area contributed by atoms with Gasteiger partial charge >= 0.3 is 0 Å². The minimum absolute atomic E-state index is 0.312. The van der Waals surface area contributed by atoms with Crippen LogP contribution in [0, 0.1) is 25.2 Å². The Hall–Kier alpha value is -2.27. The molecule has 0 aliphatic heterocycles. The number of nitrogens with one attached hydrogen (secondary N) is 1. The predicted molar refractivity (Wildman–Crippen MR) is 74.3 cm³/mol. The zero-order valence-electron chi connectivity index (χ0n) is 10.6. The van der Waals surface area contributed by atoms with Gasteiger partial charge in [0.05, 0.1) is 6.07 Å². The van der Waals surface area contributed by atoms with Gasteiger partial charge < -0.3 is 5.32 Å². The third kappa shape index (κ3) is 2.89. The summed E-state index contributed by atoms with van der Waals surface area (Å²) in [6, 6.07) is 18.1. The van der Waals surface area contributed by atoms with Crippen molar-refractivity contribution in [2.75, 3.05) is 5.32 Å². The van der Waals surface area contributed by atoms with E-state index >= 15 is 0 Å². The molecule has 0 aliphatic carbocycles. The maximum Gasteiger partial charge on any atom is 0.140 e. The largest absolute Gasteiger partial charge is 0.366 e. The zero-order chi connectivity index (χ0) is 13.0. The van der Waals surface area contributed by atoms with E-state index in [0.717, 1.165) is 11.3 Å². The Morgan fingerprint density at radius 3 is 2.33 bits per heavy atom. The van der Waals surface area contributed by atoms with Crippen LogP contribution in [0.5, 0.6) is 0 Å². The molecule has 0 heterocycles. The number of benzene rings is 2. The Balaban J connectivity index is 2.20. The van der Waals surface area contributed by atoms with Gasteiger partial charge in [0.2, 0.25) is 0 Å². The second-order valence-corrected chi connectivity index (χ2v) is 4.49. The maximum atomic E-state index is 9.27. The molecule has 0 spiro atoms. The Kier molecular flexibility index (Phi) is 3.64. The smallest absolute Gasteiger partial charge is 0.140 e. The minimum atomic E-state index is -0.312. The Bertz CT molecular complexity index is 564. The van der Waals surface area contributed by atoms with Crippen LogP contribution in [0.1, 0.15) is 22.7 Å². The average molecular weight is 236 g/mol. The van der Waals surface area contributed by atoms with Crippen molar-refractivity contribution < 1.29 is 0 Å². The van der Waals surface area contributed by atoms with Gasteiger partial charge in [-0.3, -0.25) is 0 Å². The molecule has 2 rings (SSSR count). The van der Waals surface area contributed by atoms with Crippen LogP contribution in [0.3, 0.4) is 0 Å². The van der Waals surface area contributed by atoms with Crippen LogP contribution in [-0.2, 0) is 0 Å². The van der Waals surface area contributed by atoms with E-state index in [-0.39, 0.29) is 6.04 Å². The second kappa shape index (κ2) is 5.37. The molecule has 0 aromatic heterocycles. The molecule has 2 nitrogen and oxygen atoms in total. The highest BCUT2D eigenvalue weighted by atomic mass is 14.9. The van der Waals surface area contributed by atoms with Crippen molar-refractivity contribution in [3.63, 3.8) is 0 Å². The van der Waals surface area contributed by atoms with Gasteiger partial charge in [-0.1, -0.05) is 47.5 Å². The molecule has 2 aromatic carbocycles. The molecule has 90 valence electrons. The summed E-state index contributed by atoms with van der Waals surface area (Å²) in [6.07, 6.45) is 0. The van der Waals surface area contributed by atoms with Crippen LogP contribution >= 0.6 is 0 Å². The molecular weight excluding hydrogens is 220 g/mol. The van der Waals surface area contributed by atoms with Gasteiger partial charge in [0.25, 0.3) is 0 Å². The lowest BCUT2D eigenvalue weighted by Crippen LogP contribution is -2.08. The van der Waals surface area contributed by atoms with Crippen molar-refractivity contribution in [2.24, 2.45) is 0 Å². The fraction of sp³-hybridized carbons (Fsp3) is 0.188. The normalized spacial score (nSPS) is 11.6. The van der Waals surface area contributed by atoms with Crippen LogP contribution in [-0.4, -0.2) is 0 Å². The van der Waals surface area contributed by atoms with Crippen LogP contribution in [0.15, 0.2) is 48.5 Å². The molecule has 2 aromatic rings. The lowest BCUT2D eigenvalue weighted by molar-refractivity contribution is 0.994. The van der Waals surface area contributed by atoms with E-state index in [1.807, 2.05) is 62.4 Å². The number of nitriles is 1. The molecule has 1 N–H and O–H groups in total. The first-order chi connectivity index (χ1) is 8.69. The van der Waals surface area contributed by atoms with Crippen molar-refractivity contribution in [3.8, 4) is 6.07 Å². The SMILES string of the molecule is Cc1ccc(NC(C#N)c2cccc(C)c2)cc1. The van der Waals surface area contributed by atoms with Crippen LogP contribution in [0.2, 0.25) is 0 Å². The summed E-state index contributed by atoms with van der Waals surface area (Å²) in [5, 5.41) is 12.5. The molecule has 0 saturated heterocycles. The molecule has 0 fully saturated rings. The Labute approximate surface area is 108 Å². The van der Waals surface area contributed by atoms with Crippen molar-refractivity contribution in [3.05, 3.63) is 65.2 Å². The third-order valence-corrected chi connectivity index (χ3v) is 2.87. The fourth-order valence-corrected chi connectivity index (χ4v) is 1.86. The molecule has 0 amide bonds. The van der Waals surface area contributed by atoms with Gasteiger partial charge in [-0.25, -0.2) is 0 Å². The van der Waals surface area contributed by atoms with E-state index in [9.17, 15) is 5.26 Å². The maximum absolute atomic E-state index is 9.27. The van der Waals surface area contributed by atoms with Crippen molar-refractivity contribution in [1.29, 1.82) is 5.26 Å². The number of rotatable bonds is 3. The summed E-state index contributed by atoms with van der Waals surface area (Å²) in [5.41, 5.74) is 4.34. The van der Waals surface area contributed by atoms with Gasteiger partial charge in [0.15, 0.2) is 0 Å². The summed E-state index contributed by atoms with van der Waals surface area (Å²) in [7, 11) is 0. The van der Waals surface area contributed by atoms with Crippen LogP contribution < -0.4 is 5.32 Å². The first kappa shape index (κ1) is 12.2. The highest BCUT2D eigenvalue weighted by Crippen LogP contribution is 2.20. The van der Waals surface area contributed by atoms with Crippen molar-refractivity contribution >= 4 is 5.69 Å². The molecule has 1 unspecified atom stereocenters. The predicted octanol–water partition coefficient (Wildman–Crippen LogP) is 3.98. The number of nitrogens with zero attached hydrogens (tertiary/aromatic N) is 1. The van der Waals surface area contributed by atoms with Crippen molar-refractivity contribution in [2.45, 2.75) is 19.9 Å². The topological polar surface area (TPSA) is 35.8 Å². The van der Waals surface area contributed by atoms with Crippen LogP contribution in [0.25, 0.3) is 0 Å². The molecule has 18 heavy (non-hydrogen) atoms. The third-order valence-electron chi connectivity index (χ3n) is 2.87. The fourth-order valence-electron chi connectivity index (χ4n) is 1.86. The quantitative estimate of drug-likeness (QED) is 0.875. The molecule has 2 heteroatoms. The van der Waals surface area contributed by atoms with Crippen molar-refractivity contribution in [1.82, 2.24) is 0 Å². The molecule has 1 atom stereocenters. The molecule has 0 saturated carbocycles. The first-order valence-corrected chi connectivity index (χ1v) is 5.98. The first-order valence-electron chi connectivity index (χ1n) is 5.98. The highest BCUT2D eigenvalue weighted by molar-refractivity contribution is 5.48. The molecule has 0 aliphatic rings. The van der Waals surface area contributed by atoms with Gasteiger partial charge in [0.1, 0.15) is 6.04 Å². The van der Waals surface area contributed by atoms with Gasteiger partial charge in [0, 0.05) is 5.69 Å². The Morgan fingerprint density at radius 1 is 1.00 bits per heavy atom. The lowest BCUT2D eigenvalue weighted by atomic mass is 10.1. The van der Waals surface area contributed by atoms with E-state index in [1.165, 1.54) is 11.1 Å². The van der Waals surface area contributed by atoms with E-state index in [2.05, 4.69) is 11.4 Å². The zero-order valence-corrected chi connectivity index (χ0v) is 10.6. The number of anilines is 1. The monoisotopic (exact) mass is 236 g/mol. The van der Waals surface area contributed by atoms with Crippen LogP contribution in [0.4, 0.5) is 5.69 Å². The second-order valence-electron chi connectivity index (χ2n) is 4.49. The summed E-state index contributed by atoms with van der Waals surface area (Å²) in [4.78, 5) is 0. The van der Waals surface area contributed by atoms with E-state index in [0.29, 0.717) is 0 Å². The highest BCUT2D eigenvalue weighted by Gasteiger charge is 2.09. The summed E-state index contributed by atoms with van der Waals surface area (Å²) in [5.74, 6) is 0. The summed E-state index contributed by atoms with van der Waals surface area (Å²) in [6.45, 7) is 4.08. The van der Waals surface area contributed by atoms with Gasteiger partial charge in [-0.05, 0) is 31.5 Å². The Morgan fingerprint density at radius 2 is 1.72 bits per heavy atom. The molecular formula is C16H16N2. The summed E-state index contributed by atoms with van der Waals surface area (Å²) >= 11 is 0. The molecule has 0 radical (unpaired) electrons. The minimum Gasteiger partial charge on any atom is -0.366 e. The average Bonchev–Trinajstić information content (AvgIpc) is 2.38. The lowest BCUT2D eigenvalue weighted by Gasteiger charge is -2.14. The number of aryl methyl sites for hydroxylation is 2.